The van der Waals surface area contributed by atoms with Crippen LogP contribution in [0.1, 0.15) is 19.4 Å². The quantitative estimate of drug-likeness (QED) is 0.245. The van der Waals surface area contributed by atoms with E-state index in [-0.39, 0.29) is 5.41 Å². The highest BCUT2D eigenvalue weighted by molar-refractivity contribution is 7.55. The normalized spacial score (nSPS) is 17.1. The lowest BCUT2D eigenvalue weighted by molar-refractivity contribution is 0.0402. The van der Waals surface area contributed by atoms with Gasteiger partial charge in [-0.25, -0.2) is 14.5 Å². The van der Waals surface area contributed by atoms with Crippen LogP contribution in [0.25, 0.3) is 26.6 Å². The molecule has 7 nitrogen and oxygen atoms in total. The van der Waals surface area contributed by atoms with Crippen LogP contribution < -0.4 is 4.67 Å². The Hall–Kier alpha value is -3.03. The minimum atomic E-state index is -3.68. The molecule has 35 heavy (non-hydrogen) atoms. The fourth-order valence-electron chi connectivity index (χ4n) is 4.20. The number of rotatable bonds is 5. The Bertz CT molecular complexity index is 1530. The van der Waals surface area contributed by atoms with Crippen LogP contribution in [0, 0.1) is 5.41 Å². The molecule has 0 atom stereocenters. The molecule has 1 aliphatic heterocycles. The Kier molecular flexibility index (Phi) is 5.49. The molecule has 3 aromatic heterocycles. The molecule has 2 aromatic carbocycles. The van der Waals surface area contributed by atoms with Gasteiger partial charge in [0.15, 0.2) is 10.8 Å². The molecule has 0 saturated carbocycles. The molecule has 0 N–H and O–H groups in total. The van der Waals surface area contributed by atoms with Crippen molar-refractivity contribution in [2.24, 2.45) is 5.41 Å². The average molecular weight is 505 g/mol. The number of anilines is 1. The maximum Gasteiger partial charge on any atom is 0.436 e. The lowest BCUT2D eigenvalue weighted by Gasteiger charge is -2.39. The number of pyridine rings is 1. The summed E-state index contributed by atoms with van der Waals surface area (Å²) in [4.78, 5) is 11.2. The zero-order valence-electron chi connectivity index (χ0n) is 19.5. The minimum Gasteiger partial charge on any atom is -0.291 e. The molecular weight excluding hydrogens is 479 g/mol. The maximum atomic E-state index is 14.3. The van der Waals surface area contributed by atoms with E-state index in [1.54, 1.807) is 10.9 Å². The van der Waals surface area contributed by atoms with Crippen molar-refractivity contribution in [3.8, 4) is 11.3 Å². The van der Waals surface area contributed by atoms with Crippen molar-refractivity contribution >= 4 is 40.2 Å². The first-order chi connectivity index (χ1) is 16.9. The van der Waals surface area contributed by atoms with E-state index in [2.05, 4.69) is 9.38 Å². The van der Waals surface area contributed by atoms with Gasteiger partial charge in [-0.1, -0.05) is 85.8 Å². The molecule has 178 valence electrons. The van der Waals surface area contributed by atoms with Gasteiger partial charge in [0.25, 0.3) is 0 Å². The predicted molar refractivity (Wildman–Crippen MR) is 140 cm³/mol. The summed E-state index contributed by atoms with van der Waals surface area (Å²) in [6.45, 7) is 5.09. The zero-order valence-corrected chi connectivity index (χ0v) is 21.2. The predicted octanol–water partition coefficient (Wildman–Crippen LogP) is 6.80. The van der Waals surface area contributed by atoms with Gasteiger partial charge in [-0.15, -0.1) is 0 Å². The second-order valence-corrected chi connectivity index (χ2v) is 12.3. The fourth-order valence-corrected chi connectivity index (χ4v) is 7.25. The molecule has 5 aromatic rings. The van der Waals surface area contributed by atoms with Crippen LogP contribution >= 0.6 is 19.1 Å². The van der Waals surface area contributed by atoms with Crippen LogP contribution in [0.5, 0.6) is 0 Å². The van der Waals surface area contributed by atoms with Gasteiger partial charge in [-0.2, -0.15) is 0 Å². The first kappa shape index (κ1) is 22.4. The van der Waals surface area contributed by atoms with Gasteiger partial charge < -0.3 is 0 Å². The van der Waals surface area contributed by atoms with Crippen molar-refractivity contribution in [1.82, 2.24) is 14.4 Å². The molecule has 1 aliphatic rings. The monoisotopic (exact) mass is 504 g/mol. The number of benzene rings is 2. The number of thiazole rings is 1. The second-order valence-electron chi connectivity index (χ2n) is 9.42. The highest BCUT2D eigenvalue weighted by Crippen LogP contribution is 2.60. The van der Waals surface area contributed by atoms with Crippen LogP contribution in [-0.4, -0.2) is 27.6 Å². The largest absolute Gasteiger partial charge is 0.436 e. The number of aromatic nitrogens is 3. The summed E-state index contributed by atoms with van der Waals surface area (Å²) in [6.07, 6.45) is 1.78. The third-order valence-corrected chi connectivity index (χ3v) is 8.80. The van der Waals surface area contributed by atoms with Crippen LogP contribution in [0.4, 0.5) is 5.82 Å². The first-order valence-corrected chi connectivity index (χ1v) is 13.8. The van der Waals surface area contributed by atoms with E-state index in [9.17, 15) is 4.57 Å². The third kappa shape index (κ3) is 4.06. The van der Waals surface area contributed by atoms with Crippen LogP contribution in [0.15, 0.2) is 79.0 Å². The average Bonchev–Trinajstić information content (AvgIpc) is 3.42. The Morgan fingerprint density at radius 1 is 1.00 bits per heavy atom. The van der Waals surface area contributed by atoms with E-state index >= 15 is 0 Å². The molecule has 6 rings (SSSR count). The van der Waals surface area contributed by atoms with Gasteiger partial charge in [0.1, 0.15) is 4.83 Å². The number of imidazole rings is 1. The van der Waals surface area contributed by atoms with Crippen molar-refractivity contribution in [2.75, 3.05) is 17.9 Å². The van der Waals surface area contributed by atoms with E-state index < -0.39 is 7.75 Å². The molecule has 0 radical (unpaired) electrons. The maximum absolute atomic E-state index is 14.3. The first-order valence-electron chi connectivity index (χ1n) is 11.5. The lowest BCUT2D eigenvalue weighted by atomic mass is 9.97. The standard InChI is InChI=1S/C26H25N4O3PS/c1-26(2)17-32-34(31,33-18-26)29(16-19-10-5-3-6-11-19)23-22(20-12-7-4-8-13-20)30-21-14-9-15-27-24(21)35-25(30)28-23/h3-15H,16-18H2,1-2H3. The third-order valence-electron chi connectivity index (χ3n) is 6.01. The molecule has 0 unspecified atom stereocenters. The summed E-state index contributed by atoms with van der Waals surface area (Å²) in [5.41, 5.74) is 3.52. The Labute approximate surface area is 207 Å². The minimum absolute atomic E-state index is 0.217. The highest BCUT2D eigenvalue weighted by Gasteiger charge is 2.44. The molecule has 1 saturated heterocycles. The summed E-state index contributed by atoms with van der Waals surface area (Å²) >= 11 is 1.50. The van der Waals surface area contributed by atoms with Gasteiger partial charge in [-0.05, 0) is 17.7 Å². The Morgan fingerprint density at radius 3 is 2.40 bits per heavy atom. The molecule has 0 aliphatic carbocycles. The molecule has 0 bridgehead atoms. The zero-order chi connectivity index (χ0) is 24.0. The highest BCUT2D eigenvalue weighted by atomic mass is 32.1. The van der Waals surface area contributed by atoms with Gasteiger partial charge in [0.2, 0.25) is 0 Å². The topological polar surface area (TPSA) is 69.0 Å². The summed E-state index contributed by atoms with van der Waals surface area (Å²) < 4.78 is 30.2. The smallest absolute Gasteiger partial charge is 0.291 e. The molecular formula is C26H25N4O3PS. The van der Waals surface area contributed by atoms with Crippen molar-refractivity contribution in [3.05, 3.63) is 84.6 Å². The van der Waals surface area contributed by atoms with E-state index in [1.807, 2.05) is 86.6 Å². The molecule has 1 fully saturated rings. The van der Waals surface area contributed by atoms with Gasteiger partial charge in [0.05, 0.1) is 31.0 Å². The van der Waals surface area contributed by atoms with Crippen molar-refractivity contribution in [1.29, 1.82) is 0 Å². The Morgan fingerprint density at radius 2 is 1.69 bits per heavy atom. The Balaban J connectivity index is 1.59. The van der Waals surface area contributed by atoms with Gasteiger partial charge in [-0.3, -0.25) is 18.1 Å². The van der Waals surface area contributed by atoms with Gasteiger partial charge >= 0.3 is 7.75 Å². The summed E-state index contributed by atoms with van der Waals surface area (Å²) in [6, 6.07) is 23.9. The number of nitrogens with zero attached hydrogens (tertiary/aromatic N) is 4. The number of fused-ring (bicyclic) bond motifs is 3. The number of hydrogen-bond acceptors (Lipinski definition) is 6. The van der Waals surface area contributed by atoms with Crippen molar-refractivity contribution in [2.45, 2.75) is 20.4 Å². The van der Waals surface area contributed by atoms with Crippen molar-refractivity contribution in [3.63, 3.8) is 0 Å². The van der Waals surface area contributed by atoms with E-state index in [0.29, 0.717) is 25.6 Å². The van der Waals surface area contributed by atoms with E-state index in [4.69, 9.17) is 14.0 Å². The summed E-state index contributed by atoms with van der Waals surface area (Å²) in [5, 5.41) is 0. The number of hydrogen-bond donors (Lipinski definition) is 0. The van der Waals surface area contributed by atoms with E-state index in [1.165, 1.54) is 11.3 Å². The molecule has 9 heteroatoms. The van der Waals surface area contributed by atoms with E-state index in [0.717, 1.165) is 32.1 Å². The summed E-state index contributed by atoms with van der Waals surface area (Å²) in [7, 11) is -3.68. The molecule has 0 amide bonds. The molecule has 0 spiro atoms. The SMILES string of the molecule is CC1(C)COP(=O)(N(Cc2ccccc2)c2nc3sc4ncccc4n3c2-c2ccccc2)OC1. The molecule has 4 heterocycles. The van der Waals surface area contributed by atoms with Crippen molar-refractivity contribution < 1.29 is 13.6 Å². The van der Waals surface area contributed by atoms with Crippen LogP contribution in [0.2, 0.25) is 0 Å². The van der Waals surface area contributed by atoms with Crippen LogP contribution in [0.3, 0.4) is 0 Å². The fraction of sp³-hybridized carbons (Fsp3) is 0.231. The second kappa shape index (κ2) is 8.57. The lowest BCUT2D eigenvalue weighted by Crippen LogP contribution is -2.35. The van der Waals surface area contributed by atoms with Crippen LogP contribution in [-0.2, 0) is 20.2 Å². The van der Waals surface area contributed by atoms with Gasteiger partial charge in [0, 0.05) is 17.2 Å². The summed E-state index contributed by atoms with van der Waals surface area (Å²) in [5.74, 6) is 0.570.